The number of benzene rings is 1. The van der Waals surface area contributed by atoms with Crippen molar-refractivity contribution in [2.45, 2.75) is 39.3 Å². The third-order valence-corrected chi connectivity index (χ3v) is 5.51. The molecule has 8 nitrogen and oxygen atoms in total. The van der Waals surface area contributed by atoms with Gasteiger partial charge in [-0.3, -0.25) is 4.98 Å². The normalized spacial score (nSPS) is 16.6. The van der Waals surface area contributed by atoms with E-state index in [0.29, 0.717) is 30.8 Å². The van der Waals surface area contributed by atoms with Crippen molar-refractivity contribution in [1.29, 1.82) is 0 Å². The van der Waals surface area contributed by atoms with Crippen LogP contribution in [0.4, 0.5) is 19.4 Å². The lowest BCUT2D eigenvalue weighted by atomic mass is 10.1. The Hall–Kier alpha value is -3.56. The van der Waals surface area contributed by atoms with Crippen molar-refractivity contribution >= 4 is 22.8 Å². The lowest BCUT2D eigenvalue weighted by Crippen LogP contribution is -2.54. The van der Waals surface area contributed by atoms with Gasteiger partial charge in [-0.15, -0.1) is 0 Å². The second kappa shape index (κ2) is 9.00. The average Bonchev–Trinajstić information content (AvgIpc) is 2.78. The van der Waals surface area contributed by atoms with E-state index in [1.54, 1.807) is 11.0 Å². The first kappa shape index (κ1) is 23.6. The molecule has 0 saturated carbocycles. The fourth-order valence-electron chi connectivity index (χ4n) is 3.94. The Morgan fingerprint density at radius 3 is 2.53 bits per heavy atom. The summed E-state index contributed by atoms with van der Waals surface area (Å²) in [5, 5.41) is 0.371. The maximum atomic E-state index is 15.6. The number of nitrogens with zero attached hydrogens (tertiary/aromatic N) is 5. The van der Waals surface area contributed by atoms with Crippen LogP contribution in [-0.4, -0.2) is 64.3 Å². The molecule has 34 heavy (non-hydrogen) atoms. The summed E-state index contributed by atoms with van der Waals surface area (Å²) in [6, 6.07) is 5.68. The molecule has 0 radical (unpaired) electrons. The number of fused-ring (bicyclic) bond motifs is 1. The highest BCUT2D eigenvalue weighted by molar-refractivity contribution is 5.92. The number of pyridine rings is 1. The van der Waals surface area contributed by atoms with Gasteiger partial charge < -0.3 is 19.3 Å². The van der Waals surface area contributed by atoms with Crippen LogP contribution in [0.2, 0.25) is 0 Å². The molecule has 4 rings (SSSR count). The number of hydrogen-bond donors (Lipinski definition) is 0. The third kappa shape index (κ3) is 4.57. The molecule has 0 spiro atoms. The van der Waals surface area contributed by atoms with Crippen LogP contribution < -0.4 is 9.64 Å². The number of anilines is 1. The Kier molecular flexibility index (Phi) is 6.24. The zero-order chi connectivity index (χ0) is 24.6. The minimum absolute atomic E-state index is 0.0168. The Balaban J connectivity index is 1.71. The van der Waals surface area contributed by atoms with E-state index in [1.807, 2.05) is 32.6 Å². The summed E-state index contributed by atoms with van der Waals surface area (Å²) in [4.78, 5) is 29.0. The first-order valence-corrected chi connectivity index (χ1v) is 11.0. The molecule has 1 atom stereocenters. The van der Waals surface area contributed by atoms with Crippen LogP contribution in [0, 0.1) is 11.6 Å². The predicted molar refractivity (Wildman–Crippen MR) is 124 cm³/mol. The van der Waals surface area contributed by atoms with E-state index in [2.05, 4.69) is 15.0 Å². The molecule has 3 aromatic rings. The predicted octanol–water partition coefficient (Wildman–Crippen LogP) is 4.42. The standard InChI is InChI=1S/C24H27F2N5O3/c1-14-13-30(23(32)34-24(2,3)4)10-11-31(14)21-16-12-27-19(15-8-6-7-9-17(15)25)18(26)20(16)28-22(29-21)33-5/h6-9,12,14H,10-11,13H2,1-5H3. The number of halogens is 2. The van der Waals surface area contributed by atoms with Crippen LogP contribution >= 0.6 is 0 Å². The van der Waals surface area contributed by atoms with E-state index in [0.717, 1.165) is 0 Å². The lowest BCUT2D eigenvalue weighted by molar-refractivity contribution is 0.0218. The molecule has 1 aliphatic rings. The summed E-state index contributed by atoms with van der Waals surface area (Å²) < 4.78 is 40.6. The molecule has 1 fully saturated rings. The van der Waals surface area contributed by atoms with Crippen molar-refractivity contribution in [3.8, 4) is 17.3 Å². The Morgan fingerprint density at radius 1 is 1.15 bits per heavy atom. The van der Waals surface area contributed by atoms with Gasteiger partial charge in [0.25, 0.3) is 0 Å². The van der Waals surface area contributed by atoms with E-state index in [9.17, 15) is 9.18 Å². The molecule has 1 unspecified atom stereocenters. The first-order valence-electron chi connectivity index (χ1n) is 11.0. The minimum atomic E-state index is -0.760. The van der Waals surface area contributed by atoms with Gasteiger partial charge in [0.15, 0.2) is 5.82 Å². The number of methoxy groups -OCH3 is 1. The van der Waals surface area contributed by atoms with Gasteiger partial charge in [0.1, 0.15) is 28.4 Å². The summed E-state index contributed by atoms with van der Waals surface area (Å²) in [5.41, 5.74) is -0.704. The van der Waals surface area contributed by atoms with Crippen LogP contribution in [0.5, 0.6) is 6.01 Å². The fourth-order valence-corrected chi connectivity index (χ4v) is 3.94. The molecule has 1 aromatic carbocycles. The second-order valence-electron chi connectivity index (χ2n) is 9.17. The summed E-state index contributed by atoms with van der Waals surface area (Å²) in [6.45, 7) is 8.63. The van der Waals surface area contributed by atoms with E-state index >= 15 is 4.39 Å². The van der Waals surface area contributed by atoms with Crippen molar-refractivity contribution < 1.29 is 23.0 Å². The zero-order valence-electron chi connectivity index (χ0n) is 19.8. The van der Waals surface area contributed by atoms with Crippen LogP contribution in [0.25, 0.3) is 22.2 Å². The van der Waals surface area contributed by atoms with Crippen LogP contribution in [0.1, 0.15) is 27.7 Å². The monoisotopic (exact) mass is 471 g/mol. The molecule has 1 aliphatic heterocycles. The van der Waals surface area contributed by atoms with Crippen molar-refractivity contribution in [3.63, 3.8) is 0 Å². The van der Waals surface area contributed by atoms with Gasteiger partial charge >= 0.3 is 12.1 Å². The van der Waals surface area contributed by atoms with Gasteiger partial charge in [0.05, 0.1) is 12.5 Å². The second-order valence-corrected chi connectivity index (χ2v) is 9.17. The van der Waals surface area contributed by atoms with Crippen molar-refractivity contribution in [2.24, 2.45) is 0 Å². The summed E-state index contributed by atoms with van der Waals surface area (Å²) >= 11 is 0. The molecular formula is C24H27F2N5O3. The highest BCUT2D eigenvalue weighted by Crippen LogP contribution is 2.34. The quantitative estimate of drug-likeness (QED) is 0.559. The molecule has 0 N–H and O–H groups in total. The molecular weight excluding hydrogens is 444 g/mol. The Bertz CT molecular complexity index is 1230. The molecule has 3 heterocycles. The number of carbonyl (C=O) groups is 1. The van der Waals surface area contributed by atoms with Gasteiger partial charge in [-0.2, -0.15) is 9.97 Å². The number of piperazine rings is 1. The van der Waals surface area contributed by atoms with Crippen molar-refractivity contribution in [1.82, 2.24) is 19.9 Å². The Labute approximate surface area is 196 Å². The van der Waals surface area contributed by atoms with Crippen molar-refractivity contribution in [3.05, 3.63) is 42.1 Å². The average molecular weight is 472 g/mol. The van der Waals surface area contributed by atoms with E-state index in [4.69, 9.17) is 9.47 Å². The molecule has 1 amide bonds. The summed E-state index contributed by atoms with van der Waals surface area (Å²) in [7, 11) is 1.39. The van der Waals surface area contributed by atoms with Gasteiger partial charge in [-0.25, -0.2) is 13.6 Å². The number of carbonyl (C=O) groups excluding carboxylic acids is 1. The fraction of sp³-hybridized carbons (Fsp3) is 0.417. The first-order chi connectivity index (χ1) is 16.1. The summed E-state index contributed by atoms with van der Waals surface area (Å²) in [5.74, 6) is -0.907. The smallest absolute Gasteiger partial charge is 0.410 e. The maximum absolute atomic E-state index is 15.6. The van der Waals surface area contributed by atoms with Crippen molar-refractivity contribution in [2.75, 3.05) is 31.6 Å². The number of rotatable bonds is 3. The van der Waals surface area contributed by atoms with E-state index in [1.165, 1.54) is 31.5 Å². The zero-order valence-corrected chi connectivity index (χ0v) is 19.8. The van der Waals surface area contributed by atoms with Gasteiger partial charge in [0, 0.05) is 37.4 Å². The molecule has 2 aromatic heterocycles. The number of ether oxygens (including phenoxy) is 2. The maximum Gasteiger partial charge on any atom is 0.410 e. The molecule has 1 saturated heterocycles. The number of hydrogen-bond acceptors (Lipinski definition) is 7. The molecule has 180 valence electrons. The summed E-state index contributed by atoms with van der Waals surface area (Å²) in [6.07, 6.45) is 1.06. The van der Waals surface area contributed by atoms with Gasteiger partial charge in [0.2, 0.25) is 0 Å². The minimum Gasteiger partial charge on any atom is -0.467 e. The highest BCUT2D eigenvalue weighted by atomic mass is 19.1. The lowest BCUT2D eigenvalue weighted by Gasteiger charge is -2.41. The largest absolute Gasteiger partial charge is 0.467 e. The Morgan fingerprint density at radius 2 is 1.88 bits per heavy atom. The van der Waals surface area contributed by atoms with Gasteiger partial charge in [-0.05, 0) is 39.8 Å². The van der Waals surface area contributed by atoms with Crippen LogP contribution in [0.3, 0.4) is 0 Å². The highest BCUT2D eigenvalue weighted by Gasteiger charge is 2.32. The third-order valence-electron chi connectivity index (χ3n) is 5.51. The molecule has 10 heteroatoms. The van der Waals surface area contributed by atoms with E-state index in [-0.39, 0.29) is 34.9 Å². The van der Waals surface area contributed by atoms with Gasteiger partial charge in [-0.1, -0.05) is 12.1 Å². The number of aromatic nitrogens is 3. The van der Waals surface area contributed by atoms with Crippen LogP contribution in [-0.2, 0) is 4.74 Å². The number of amides is 1. The van der Waals surface area contributed by atoms with Crippen LogP contribution in [0.15, 0.2) is 30.5 Å². The molecule has 0 aliphatic carbocycles. The topological polar surface area (TPSA) is 80.7 Å². The molecule has 0 bridgehead atoms. The van der Waals surface area contributed by atoms with E-state index < -0.39 is 17.2 Å². The SMILES string of the molecule is COc1nc(N2CCN(C(=O)OC(C)(C)C)CC2C)c2cnc(-c3ccccc3F)c(F)c2n1.